The molecule has 1 aliphatic heterocycles. The normalized spacial score (nSPS) is 13.9. The van der Waals surface area contributed by atoms with Crippen LogP contribution in [0.5, 0.6) is 11.5 Å². The molecule has 0 bridgehead atoms. The van der Waals surface area contributed by atoms with Crippen LogP contribution in [-0.2, 0) is 27.1 Å². The van der Waals surface area contributed by atoms with Gasteiger partial charge in [0.05, 0.1) is 19.9 Å². The molecule has 1 aromatic carbocycles. The summed E-state index contributed by atoms with van der Waals surface area (Å²) < 4.78 is 28.2. The number of allylic oxidation sites excluding steroid dienone is 2. The van der Waals surface area contributed by atoms with Gasteiger partial charge >= 0.3 is 13.6 Å². The number of cyclic esters (lactones) is 1. The molecule has 2 rings (SSSR count). The van der Waals surface area contributed by atoms with Gasteiger partial charge in [-0.2, -0.15) is 0 Å². The standard InChI is InChI=1S/C24H38NO8PSi/c1-16(8-10-20(26)25-11-13-34(28,29)30)7-9-18-22(31-3)17(2)19-15-33-24(27)21(19)23(18)32-12-14-35(4,5)6/h7H,8-15H2,1-6H3,(H,25,26)(H2,28,29,30)/b16-7+. The number of rotatable bonds is 13. The Morgan fingerprint density at radius 1 is 1.23 bits per heavy atom. The molecule has 0 saturated heterocycles. The van der Waals surface area contributed by atoms with Gasteiger partial charge in [-0.1, -0.05) is 31.3 Å². The van der Waals surface area contributed by atoms with Crippen molar-refractivity contribution in [2.75, 3.05) is 26.4 Å². The SMILES string of the molecule is COc1c(C)c2c(c(OCC[Si](C)(C)C)c1C/C=C(\C)CCC(=O)NCCP(=O)(O)O)C(=O)OC2. The van der Waals surface area contributed by atoms with Gasteiger partial charge in [0.15, 0.2) is 0 Å². The van der Waals surface area contributed by atoms with Crippen LogP contribution in [0.25, 0.3) is 0 Å². The summed E-state index contributed by atoms with van der Waals surface area (Å²) in [6.45, 7) is 11.3. The molecule has 0 atom stereocenters. The predicted molar refractivity (Wildman–Crippen MR) is 137 cm³/mol. The van der Waals surface area contributed by atoms with Crippen molar-refractivity contribution in [2.24, 2.45) is 0 Å². The summed E-state index contributed by atoms with van der Waals surface area (Å²) >= 11 is 0. The van der Waals surface area contributed by atoms with E-state index in [1.165, 1.54) is 0 Å². The molecule has 0 fully saturated rings. The van der Waals surface area contributed by atoms with E-state index in [1.807, 2.05) is 19.9 Å². The molecular formula is C24H38NO8PSi. The molecule has 196 valence electrons. The van der Waals surface area contributed by atoms with E-state index in [-0.39, 0.29) is 37.6 Å². The molecule has 11 heteroatoms. The Labute approximate surface area is 208 Å². The van der Waals surface area contributed by atoms with Crippen LogP contribution in [0.15, 0.2) is 11.6 Å². The lowest BCUT2D eigenvalue weighted by molar-refractivity contribution is -0.120. The van der Waals surface area contributed by atoms with Crippen molar-refractivity contribution in [1.82, 2.24) is 5.32 Å². The van der Waals surface area contributed by atoms with Crippen LogP contribution in [0.1, 0.15) is 46.8 Å². The van der Waals surface area contributed by atoms with Crippen LogP contribution >= 0.6 is 7.60 Å². The van der Waals surface area contributed by atoms with Crippen molar-refractivity contribution in [3.05, 3.63) is 33.9 Å². The molecule has 35 heavy (non-hydrogen) atoms. The summed E-state index contributed by atoms with van der Waals surface area (Å²) in [6, 6.07) is 0.943. The minimum Gasteiger partial charge on any atom is -0.496 e. The van der Waals surface area contributed by atoms with Gasteiger partial charge in [-0.05, 0) is 38.3 Å². The van der Waals surface area contributed by atoms with Crippen LogP contribution < -0.4 is 14.8 Å². The van der Waals surface area contributed by atoms with E-state index in [0.29, 0.717) is 36.5 Å². The van der Waals surface area contributed by atoms with Gasteiger partial charge < -0.3 is 29.3 Å². The van der Waals surface area contributed by atoms with Gasteiger partial charge in [0.25, 0.3) is 0 Å². The lowest BCUT2D eigenvalue weighted by Crippen LogP contribution is -2.26. The molecule has 0 radical (unpaired) electrons. The molecule has 1 amide bonds. The van der Waals surface area contributed by atoms with Crippen molar-refractivity contribution in [3.8, 4) is 11.5 Å². The largest absolute Gasteiger partial charge is 0.496 e. The zero-order valence-electron chi connectivity index (χ0n) is 21.5. The first kappa shape index (κ1) is 29.1. The van der Waals surface area contributed by atoms with Gasteiger partial charge in [-0.15, -0.1) is 0 Å². The van der Waals surface area contributed by atoms with Crippen molar-refractivity contribution in [3.63, 3.8) is 0 Å². The number of methoxy groups -OCH3 is 1. The lowest BCUT2D eigenvalue weighted by Gasteiger charge is -2.21. The molecule has 0 aromatic heterocycles. The van der Waals surface area contributed by atoms with Crippen molar-refractivity contribution < 1.29 is 38.2 Å². The average Bonchev–Trinajstić information content (AvgIpc) is 3.12. The second kappa shape index (κ2) is 12.2. The molecule has 3 N–H and O–H groups in total. The van der Waals surface area contributed by atoms with Gasteiger partial charge in [0.1, 0.15) is 23.7 Å². The Hall–Kier alpha value is -2.13. The van der Waals surface area contributed by atoms with Crippen LogP contribution in [-0.4, -0.2) is 56.2 Å². The Morgan fingerprint density at radius 2 is 1.91 bits per heavy atom. The fourth-order valence-electron chi connectivity index (χ4n) is 3.75. The number of amides is 1. The number of carbonyl (C=O) groups is 2. The highest BCUT2D eigenvalue weighted by atomic mass is 31.2. The number of benzene rings is 1. The fraction of sp³-hybridized carbons (Fsp3) is 0.583. The third-order valence-electron chi connectivity index (χ3n) is 5.85. The molecule has 0 aliphatic carbocycles. The summed E-state index contributed by atoms with van der Waals surface area (Å²) in [5, 5.41) is 2.53. The molecular weight excluding hydrogens is 489 g/mol. The Balaban J connectivity index is 2.20. The summed E-state index contributed by atoms with van der Waals surface area (Å²) in [7, 11) is -3.88. The maximum absolute atomic E-state index is 12.6. The first-order chi connectivity index (χ1) is 16.2. The molecule has 0 spiro atoms. The second-order valence-electron chi connectivity index (χ2n) is 10.0. The summed E-state index contributed by atoms with van der Waals surface area (Å²) in [5.41, 5.74) is 3.88. The maximum Gasteiger partial charge on any atom is 0.342 e. The van der Waals surface area contributed by atoms with E-state index < -0.39 is 15.7 Å². The number of nitrogens with one attached hydrogen (secondary N) is 1. The highest BCUT2D eigenvalue weighted by Crippen LogP contribution is 2.43. The van der Waals surface area contributed by atoms with Crippen molar-refractivity contribution >= 4 is 27.5 Å². The smallest absolute Gasteiger partial charge is 0.342 e. The Bertz CT molecular complexity index is 1030. The molecule has 1 aliphatic rings. The van der Waals surface area contributed by atoms with E-state index >= 15 is 0 Å². The van der Waals surface area contributed by atoms with Gasteiger partial charge in [-0.3, -0.25) is 9.36 Å². The topological polar surface area (TPSA) is 131 Å². The van der Waals surface area contributed by atoms with Gasteiger partial charge in [0, 0.05) is 32.2 Å². The lowest BCUT2D eigenvalue weighted by atomic mass is 9.94. The fourth-order valence-corrected chi connectivity index (χ4v) is 4.86. The average molecular weight is 528 g/mol. The zero-order chi connectivity index (χ0) is 26.4. The molecule has 1 heterocycles. The third kappa shape index (κ3) is 8.79. The molecule has 0 saturated carbocycles. The van der Waals surface area contributed by atoms with E-state index in [2.05, 4.69) is 25.0 Å². The van der Waals surface area contributed by atoms with E-state index in [9.17, 15) is 14.2 Å². The molecule has 9 nitrogen and oxygen atoms in total. The third-order valence-corrected chi connectivity index (χ3v) is 8.36. The number of hydrogen-bond donors (Lipinski definition) is 3. The van der Waals surface area contributed by atoms with E-state index in [4.69, 9.17) is 24.0 Å². The highest BCUT2D eigenvalue weighted by Gasteiger charge is 2.33. The summed E-state index contributed by atoms with van der Waals surface area (Å²) in [4.78, 5) is 42.3. The summed E-state index contributed by atoms with van der Waals surface area (Å²) in [5.74, 6) is 0.532. The zero-order valence-corrected chi connectivity index (χ0v) is 23.4. The van der Waals surface area contributed by atoms with E-state index in [0.717, 1.165) is 28.3 Å². The van der Waals surface area contributed by atoms with E-state index in [1.54, 1.807) is 7.11 Å². The number of ether oxygens (including phenoxy) is 3. The minimum absolute atomic E-state index is 0.0638. The van der Waals surface area contributed by atoms with Crippen LogP contribution in [0.3, 0.4) is 0 Å². The van der Waals surface area contributed by atoms with Crippen LogP contribution in [0.4, 0.5) is 0 Å². The highest BCUT2D eigenvalue weighted by molar-refractivity contribution is 7.51. The minimum atomic E-state index is -4.13. The second-order valence-corrected chi connectivity index (χ2v) is 17.4. The molecule has 1 aromatic rings. The Morgan fingerprint density at radius 3 is 2.51 bits per heavy atom. The van der Waals surface area contributed by atoms with Crippen LogP contribution in [0.2, 0.25) is 25.7 Å². The Kier molecular flexibility index (Phi) is 10.2. The molecule has 0 unspecified atom stereocenters. The summed E-state index contributed by atoms with van der Waals surface area (Å²) in [6.07, 6.45) is 2.75. The van der Waals surface area contributed by atoms with Gasteiger partial charge in [0.2, 0.25) is 5.91 Å². The number of hydrogen-bond acceptors (Lipinski definition) is 6. The van der Waals surface area contributed by atoms with Crippen molar-refractivity contribution in [1.29, 1.82) is 0 Å². The monoisotopic (exact) mass is 527 g/mol. The first-order valence-corrected chi connectivity index (χ1v) is 17.2. The number of esters is 1. The van der Waals surface area contributed by atoms with Crippen molar-refractivity contribution in [2.45, 2.75) is 65.4 Å². The van der Waals surface area contributed by atoms with Gasteiger partial charge in [-0.25, -0.2) is 4.79 Å². The maximum atomic E-state index is 12.6. The quantitative estimate of drug-likeness (QED) is 0.152. The predicted octanol–water partition coefficient (Wildman–Crippen LogP) is 3.95. The van der Waals surface area contributed by atoms with Crippen LogP contribution in [0, 0.1) is 6.92 Å². The first-order valence-electron chi connectivity index (χ1n) is 11.7. The number of fused-ring (bicyclic) bond motifs is 1. The number of carbonyl (C=O) groups excluding carboxylic acids is 2.